The minimum atomic E-state index is -4.51. The number of hydrogen-bond acceptors (Lipinski definition) is 6. The normalized spacial score (nSPS) is 18.1. The zero-order chi connectivity index (χ0) is 33.8. The lowest BCUT2D eigenvalue weighted by Crippen LogP contribution is -2.48. The minimum Gasteiger partial charge on any atom is -0.488 e. The van der Waals surface area contributed by atoms with Crippen molar-refractivity contribution >= 4 is 44.9 Å². The zero-order valence-corrected chi connectivity index (χ0v) is 26.8. The summed E-state index contributed by atoms with van der Waals surface area (Å²) in [6.07, 6.45) is -5.39. The van der Waals surface area contributed by atoms with Gasteiger partial charge in [-0.15, -0.1) is 0 Å². The minimum absolute atomic E-state index is 0.0477. The van der Waals surface area contributed by atoms with Crippen molar-refractivity contribution in [2.75, 3.05) is 37.4 Å². The number of sulfonamides is 1. The molecule has 248 valence electrons. The first-order valence-corrected chi connectivity index (χ1v) is 16.1. The first-order chi connectivity index (χ1) is 21.6. The molecule has 3 N–H and O–H groups in total. The van der Waals surface area contributed by atoms with Crippen LogP contribution in [0.25, 0.3) is 0 Å². The number of anilines is 2. The van der Waals surface area contributed by atoms with Gasteiger partial charge in [-0.25, -0.2) is 13.2 Å². The van der Waals surface area contributed by atoms with Gasteiger partial charge >= 0.3 is 12.2 Å². The van der Waals surface area contributed by atoms with Crippen LogP contribution < -0.4 is 15.4 Å². The zero-order valence-electron chi connectivity index (χ0n) is 25.2. The van der Waals surface area contributed by atoms with Crippen LogP contribution in [0.2, 0.25) is 5.02 Å². The smallest absolute Gasteiger partial charge is 0.416 e. The summed E-state index contributed by atoms with van der Waals surface area (Å²) in [5.41, 5.74) is -0.0519. The van der Waals surface area contributed by atoms with Crippen molar-refractivity contribution < 1.29 is 41.0 Å². The summed E-state index contributed by atoms with van der Waals surface area (Å²) in [5, 5.41) is 15.3. The van der Waals surface area contributed by atoms with E-state index < -0.39 is 39.9 Å². The van der Waals surface area contributed by atoms with Gasteiger partial charge in [0.25, 0.3) is 0 Å². The third-order valence-electron chi connectivity index (χ3n) is 7.60. The highest BCUT2D eigenvalue weighted by Gasteiger charge is 2.34. The maximum Gasteiger partial charge on any atom is 0.416 e. The molecule has 0 bridgehead atoms. The summed E-state index contributed by atoms with van der Waals surface area (Å²) in [6.45, 7) is 3.32. The second kappa shape index (κ2) is 14.3. The first kappa shape index (κ1) is 35.0. The molecule has 3 aromatic carbocycles. The van der Waals surface area contributed by atoms with E-state index in [0.717, 1.165) is 28.6 Å². The van der Waals surface area contributed by atoms with Crippen LogP contribution in [-0.4, -0.2) is 73.6 Å². The van der Waals surface area contributed by atoms with Gasteiger partial charge < -0.3 is 25.4 Å². The van der Waals surface area contributed by atoms with Crippen LogP contribution in [0.4, 0.5) is 29.3 Å². The number of amides is 3. The van der Waals surface area contributed by atoms with E-state index in [4.69, 9.17) is 16.3 Å². The number of halogens is 4. The number of fused-ring (bicyclic) bond motifs is 1. The number of urea groups is 1. The summed E-state index contributed by atoms with van der Waals surface area (Å²) in [4.78, 5) is 27.7. The number of benzene rings is 3. The van der Waals surface area contributed by atoms with E-state index in [-0.39, 0.29) is 54.2 Å². The number of aliphatic hydroxyl groups excluding tert-OH is 1. The Hall–Kier alpha value is -3.85. The molecule has 0 spiro atoms. The maximum atomic E-state index is 13.5. The fraction of sp³-hybridized carbons (Fsp3) is 0.355. The SMILES string of the molecule is C[C@H](CO)N1C[C@H](C)[C@H](CN(C)S(=O)(=O)c2ccc(Cl)cc2)Oc2ccc(NC(=O)Nc3ccc(C(F)(F)F)cc3)cc2CC1=O. The number of carbonyl (C=O) groups is 2. The molecule has 1 aliphatic rings. The summed E-state index contributed by atoms with van der Waals surface area (Å²) in [6, 6.07) is 13.1. The molecule has 10 nitrogen and oxygen atoms in total. The van der Waals surface area contributed by atoms with E-state index in [9.17, 15) is 36.3 Å². The Bertz CT molecular complexity index is 1660. The number of nitrogens with zero attached hydrogens (tertiary/aromatic N) is 2. The van der Waals surface area contributed by atoms with Crippen LogP contribution in [0.3, 0.4) is 0 Å². The molecule has 0 fully saturated rings. The fourth-order valence-corrected chi connectivity index (χ4v) is 6.21. The van der Waals surface area contributed by atoms with Gasteiger partial charge in [0.2, 0.25) is 15.9 Å². The number of alkyl halides is 3. The Morgan fingerprint density at radius 2 is 1.70 bits per heavy atom. The largest absolute Gasteiger partial charge is 0.488 e. The van der Waals surface area contributed by atoms with Crippen molar-refractivity contribution in [1.82, 2.24) is 9.21 Å². The first-order valence-electron chi connectivity index (χ1n) is 14.3. The maximum absolute atomic E-state index is 13.5. The highest BCUT2D eigenvalue weighted by Crippen LogP contribution is 2.31. The van der Waals surface area contributed by atoms with E-state index in [1.807, 2.05) is 6.92 Å². The van der Waals surface area contributed by atoms with Crippen molar-refractivity contribution in [3.05, 3.63) is 82.9 Å². The predicted molar refractivity (Wildman–Crippen MR) is 167 cm³/mol. The van der Waals surface area contributed by atoms with Crippen molar-refractivity contribution in [3.63, 3.8) is 0 Å². The highest BCUT2D eigenvalue weighted by atomic mass is 35.5. The van der Waals surface area contributed by atoms with Crippen LogP contribution in [0.15, 0.2) is 71.6 Å². The van der Waals surface area contributed by atoms with E-state index in [1.165, 1.54) is 48.3 Å². The Morgan fingerprint density at radius 3 is 2.30 bits per heavy atom. The number of rotatable bonds is 8. The van der Waals surface area contributed by atoms with Gasteiger partial charge in [0.15, 0.2) is 0 Å². The van der Waals surface area contributed by atoms with Gasteiger partial charge in [-0.2, -0.15) is 17.5 Å². The fourth-order valence-electron chi connectivity index (χ4n) is 4.90. The summed E-state index contributed by atoms with van der Waals surface area (Å²) in [7, 11) is -2.50. The molecule has 0 aliphatic carbocycles. The molecule has 0 radical (unpaired) electrons. The molecular formula is C31H34ClF3N4O6S. The molecule has 3 aromatic rings. The number of hydrogen-bond donors (Lipinski definition) is 3. The van der Waals surface area contributed by atoms with Crippen LogP contribution in [0.1, 0.15) is 25.0 Å². The number of nitrogens with one attached hydrogen (secondary N) is 2. The molecule has 0 aromatic heterocycles. The van der Waals surface area contributed by atoms with E-state index in [1.54, 1.807) is 13.0 Å². The second-order valence-corrected chi connectivity index (χ2v) is 13.6. The molecule has 15 heteroatoms. The third kappa shape index (κ3) is 8.49. The van der Waals surface area contributed by atoms with E-state index in [0.29, 0.717) is 16.3 Å². The van der Waals surface area contributed by atoms with Crippen LogP contribution in [0.5, 0.6) is 5.75 Å². The van der Waals surface area contributed by atoms with Crippen molar-refractivity contribution in [3.8, 4) is 5.75 Å². The standard InChI is InChI=1S/C31H34ClF3N4O6S/c1-19-16-39(20(2)18-40)29(41)15-21-14-25(37-30(42)36-24-8-4-22(5-9-24)31(33,34)35)10-13-27(21)45-28(19)17-38(3)46(43,44)26-11-6-23(32)7-12-26/h4-14,19-20,28,40H,15-18H2,1-3H3,(H2,36,37,42)/t19-,20+,28-/m0/s1. The highest BCUT2D eigenvalue weighted by molar-refractivity contribution is 7.89. The third-order valence-corrected chi connectivity index (χ3v) is 9.69. The summed E-state index contributed by atoms with van der Waals surface area (Å²) >= 11 is 5.93. The second-order valence-electron chi connectivity index (χ2n) is 11.1. The van der Waals surface area contributed by atoms with Gasteiger partial charge in [-0.3, -0.25) is 4.79 Å². The molecule has 4 rings (SSSR count). The Balaban J connectivity index is 1.58. The Labute approximate surface area is 270 Å². The van der Waals surface area contributed by atoms with E-state index >= 15 is 0 Å². The number of ether oxygens (including phenoxy) is 1. The van der Waals surface area contributed by atoms with Gasteiger partial charge in [-0.1, -0.05) is 18.5 Å². The predicted octanol–water partition coefficient (Wildman–Crippen LogP) is 5.47. The number of likely N-dealkylation sites (N-methyl/N-ethyl adjacent to an activating group) is 1. The van der Waals surface area contributed by atoms with E-state index in [2.05, 4.69) is 10.6 Å². The number of carbonyl (C=O) groups excluding carboxylic acids is 2. The van der Waals surface area contributed by atoms with Crippen LogP contribution >= 0.6 is 11.6 Å². The van der Waals surface area contributed by atoms with Crippen molar-refractivity contribution in [1.29, 1.82) is 0 Å². The van der Waals surface area contributed by atoms with Gasteiger partial charge in [0, 0.05) is 41.5 Å². The monoisotopic (exact) mass is 682 g/mol. The van der Waals surface area contributed by atoms with Gasteiger partial charge in [0.05, 0.1) is 36.1 Å². The van der Waals surface area contributed by atoms with Crippen molar-refractivity contribution in [2.45, 2.75) is 43.5 Å². The van der Waals surface area contributed by atoms with Crippen LogP contribution in [-0.2, 0) is 27.4 Å². The lowest BCUT2D eigenvalue weighted by atomic mass is 10.0. The molecule has 3 amide bonds. The molecule has 3 atom stereocenters. The Morgan fingerprint density at radius 1 is 1.09 bits per heavy atom. The van der Waals surface area contributed by atoms with Gasteiger partial charge in [-0.05, 0) is 73.7 Å². The molecule has 1 heterocycles. The molecule has 0 unspecified atom stereocenters. The molecule has 0 saturated carbocycles. The molecule has 0 saturated heterocycles. The van der Waals surface area contributed by atoms with Crippen LogP contribution in [0, 0.1) is 5.92 Å². The average molecular weight is 683 g/mol. The van der Waals surface area contributed by atoms with Crippen molar-refractivity contribution in [2.24, 2.45) is 5.92 Å². The summed E-state index contributed by atoms with van der Waals surface area (Å²) in [5.74, 6) is -0.388. The summed E-state index contributed by atoms with van der Waals surface area (Å²) < 4.78 is 72.8. The topological polar surface area (TPSA) is 128 Å². The molecule has 46 heavy (non-hydrogen) atoms. The lowest BCUT2D eigenvalue weighted by molar-refractivity contribution is -0.137. The molecule has 1 aliphatic heterocycles. The average Bonchev–Trinajstić information content (AvgIpc) is 3.04. The molecular weight excluding hydrogens is 649 g/mol. The number of aliphatic hydroxyl groups is 1. The van der Waals surface area contributed by atoms with Gasteiger partial charge in [0.1, 0.15) is 11.9 Å². The Kier molecular flexibility index (Phi) is 10.9. The quantitative estimate of drug-likeness (QED) is 0.289. The lowest BCUT2D eigenvalue weighted by Gasteiger charge is -2.33.